The third kappa shape index (κ3) is 4.55. The SMILES string of the molecule is CCOC(=O)C1CC2(CC1(C)C)N(CC)C(=O)c1c(O)c(=O)c(-c3nnc(Cc4ccc(F)cc4F)s3)cn1N2C. The van der Waals surface area contributed by atoms with Gasteiger partial charge in [0.2, 0.25) is 5.43 Å². The van der Waals surface area contributed by atoms with E-state index in [1.54, 1.807) is 23.9 Å². The summed E-state index contributed by atoms with van der Waals surface area (Å²) in [7, 11) is 1.75. The van der Waals surface area contributed by atoms with E-state index in [4.69, 9.17) is 4.74 Å². The van der Waals surface area contributed by atoms with Gasteiger partial charge in [-0.3, -0.25) is 24.1 Å². The minimum atomic E-state index is -0.940. The molecule has 2 aliphatic rings. The quantitative estimate of drug-likeness (QED) is 0.434. The number of fused-ring (bicyclic) bond motifs is 1. The standard InChI is InChI=1S/C28H31F2N5O5S/c1-6-34-25(38)21-23(37)22(36)17(24-32-31-20(41-24)10-15-8-9-16(29)11-19(15)30)13-35(21)33(5)28(34)12-18(26(39)40-7-2)27(3,4)14-28/h8-9,11,13,18,37H,6-7,10,12,14H2,1-5H3. The highest BCUT2D eigenvalue weighted by atomic mass is 32.1. The van der Waals surface area contributed by atoms with Crippen LogP contribution in [-0.4, -0.2) is 62.6 Å². The molecule has 3 heterocycles. The molecule has 1 saturated carbocycles. The first-order chi connectivity index (χ1) is 19.3. The lowest BCUT2D eigenvalue weighted by atomic mass is 9.82. The van der Waals surface area contributed by atoms with Crippen LogP contribution in [0.1, 0.15) is 61.6 Å². The first kappa shape index (κ1) is 28.7. The van der Waals surface area contributed by atoms with Crippen LogP contribution < -0.4 is 10.4 Å². The van der Waals surface area contributed by atoms with Crippen molar-refractivity contribution in [1.29, 1.82) is 0 Å². The lowest BCUT2D eigenvalue weighted by Gasteiger charge is -2.53. The van der Waals surface area contributed by atoms with Gasteiger partial charge in [0.15, 0.2) is 16.5 Å². The minimum Gasteiger partial charge on any atom is -0.502 e. The molecule has 1 spiro atoms. The van der Waals surface area contributed by atoms with Gasteiger partial charge in [-0.05, 0) is 37.3 Å². The van der Waals surface area contributed by atoms with Gasteiger partial charge in [-0.1, -0.05) is 31.3 Å². The highest BCUT2D eigenvalue weighted by Gasteiger charge is 2.61. The summed E-state index contributed by atoms with van der Waals surface area (Å²) in [6.07, 6.45) is 2.20. The first-order valence-electron chi connectivity index (χ1n) is 13.3. The van der Waals surface area contributed by atoms with Crippen molar-refractivity contribution in [2.24, 2.45) is 11.3 Å². The summed E-state index contributed by atoms with van der Waals surface area (Å²) >= 11 is 1.03. The summed E-state index contributed by atoms with van der Waals surface area (Å²) in [6, 6.07) is 3.25. The lowest BCUT2D eigenvalue weighted by molar-refractivity contribution is -0.151. The zero-order valence-corrected chi connectivity index (χ0v) is 24.2. The van der Waals surface area contributed by atoms with Gasteiger partial charge in [-0.15, -0.1) is 10.2 Å². The van der Waals surface area contributed by atoms with Crippen molar-refractivity contribution in [3.05, 3.63) is 62.5 Å². The summed E-state index contributed by atoms with van der Waals surface area (Å²) in [5.74, 6) is -3.50. The number of hydrogen-bond acceptors (Lipinski definition) is 9. The summed E-state index contributed by atoms with van der Waals surface area (Å²) in [6.45, 7) is 8.01. The normalized spacial score (nSPS) is 21.4. The van der Waals surface area contributed by atoms with Gasteiger partial charge >= 0.3 is 5.97 Å². The number of ether oxygens (including phenoxy) is 1. The van der Waals surface area contributed by atoms with E-state index >= 15 is 0 Å². The second-order valence-electron chi connectivity index (χ2n) is 11.1. The molecular formula is C28H31F2N5O5S. The minimum absolute atomic E-state index is 0.00789. The Labute approximate surface area is 239 Å². The highest BCUT2D eigenvalue weighted by molar-refractivity contribution is 7.14. The molecular weight excluding hydrogens is 556 g/mol. The van der Waals surface area contributed by atoms with Crippen LogP contribution >= 0.6 is 11.3 Å². The van der Waals surface area contributed by atoms with Crippen LogP contribution in [-0.2, 0) is 16.0 Å². The van der Waals surface area contributed by atoms with Crippen LogP contribution in [0.15, 0.2) is 29.2 Å². The van der Waals surface area contributed by atoms with Crippen LogP contribution in [0.2, 0.25) is 0 Å². The number of benzene rings is 1. The summed E-state index contributed by atoms with van der Waals surface area (Å²) < 4.78 is 34.3. The van der Waals surface area contributed by atoms with E-state index in [0.717, 1.165) is 23.5 Å². The molecule has 0 radical (unpaired) electrons. The molecule has 1 amide bonds. The fraction of sp³-hybridized carbons (Fsp3) is 0.464. The van der Waals surface area contributed by atoms with Gasteiger partial charge in [0, 0.05) is 38.7 Å². The lowest BCUT2D eigenvalue weighted by Crippen LogP contribution is -2.68. The summed E-state index contributed by atoms with van der Waals surface area (Å²) in [5.41, 5.74) is -2.22. The predicted molar refractivity (Wildman–Crippen MR) is 147 cm³/mol. The number of carbonyl (C=O) groups is 2. The van der Waals surface area contributed by atoms with Crippen molar-refractivity contribution >= 4 is 23.2 Å². The fourth-order valence-electron chi connectivity index (χ4n) is 6.19. The second kappa shape index (κ2) is 10.2. The number of amides is 1. The van der Waals surface area contributed by atoms with Gasteiger partial charge in [-0.25, -0.2) is 8.78 Å². The van der Waals surface area contributed by atoms with Gasteiger partial charge in [0.1, 0.15) is 22.3 Å². The van der Waals surface area contributed by atoms with Crippen LogP contribution in [0.25, 0.3) is 10.6 Å². The topological polar surface area (TPSA) is 118 Å². The molecule has 0 saturated heterocycles. The van der Waals surface area contributed by atoms with Crippen molar-refractivity contribution in [3.8, 4) is 16.3 Å². The first-order valence-corrected chi connectivity index (χ1v) is 14.1. The fourth-order valence-corrected chi connectivity index (χ4v) is 7.06. The largest absolute Gasteiger partial charge is 0.502 e. The zero-order chi connectivity index (χ0) is 29.9. The maximum absolute atomic E-state index is 14.2. The van der Waals surface area contributed by atoms with Crippen molar-refractivity contribution in [2.45, 2.75) is 52.6 Å². The number of hydrogen-bond donors (Lipinski definition) is 1. The third-order valence-corrected chi connectivity index (χ3v) is 9.15. The van der Waals surface area contributed by atoms with Gasteiger partial charge < -0.3 is 14.7 Å². The molecule has 2 unspecified atom stereocenters. The van der Waals surface area contributed by atoms with E-state index < -0.39 is 45.7 Å². The molecule has 41 heavy (non-hydrogen) atoms. The van der Waals surface area contributed by atoms with Crippen molar-refractivity contribution in [1.82, 2.24) is 19.8 Å². The Morgan fingerprint density at radius 1 is 1.22 bits per heavy atom. The molecule has 1 aromatic carbocycles. The molecule has 10 nitrogen and oxygen atoms in total. The second-order valence-corrected chi connectivity index (χ2v) is 12.1. The number of pyridine rings is 1. The number of esters is 1. The average molecular weight is 588 g/mol. The summed E-state index contributed by atoms with van der Waals surface area (Å²) in [4.78, 5) is 41.7. The number of aromatic hydroxyl groups is 1. The molecule has 1 aliphatic heterocycles. The molecule has 2 aromatic heterocycles. The number of carbonyl (C=O) groups excluding carboxylic acids is 2. The Bertz CT molecular complexity index is 1600. The predicted octanol–water partition coefficient (Wildman–Crippen LogP) is 3.68. The van der Waals surface area contributed by atoms with Gasteiger partial charge in [0.05, 0.1) is 18.1 Å². The van der Waals surface area contributed by atoms with Crippen LogP contribution in [0.3, 0.4) is 0 Å². The molecule has 1 N–H and O–H groups in total. The van der Waals surface area contributed by atoms with Crippen molar-refractivity contribution in [2.75, 3.05) is 25.2 Å². The van der Waals surface area contributed by atoms with E-state index in [-0.39, 0.29) is 47.4 Å². The average Bonchev–Trinajstić information content (AvgIpc) is 3.48. The number of nitrogens with zero attached hydrogens (tertiary/aromatic N) is 5. The zero-order valence-electron chi connectivity index (χ0n) is 23.4. The van der Waals surface area contributed by atoms with Crippen molar-refractivity contribution < 1.29 is 28.2 Å². The smallest absolute Gasteiger partial charge is 0.309 e. The number of rotatable bonds is 6. The molecule has 13 heteroatoms. The van der Waals surface area contributed by atoms with E-state index in [2.05, 4.69) is 10.2 Å². The molecule has 5 rings (SSSR count). The van der Waals surface area contributed by atoms with Crippen LogP contribution in [0, 0.1) is 23.0 Å². The monoisotopic (exact) mass is 587 g/mol. The molecule has 218 valence electrons. The molecule has 2 atom stereocenters. The number of aromatic nitrogens is 3. The van der Waals surface area contributed by atoms with Crippen molar-refractivity contribution in [3.63, 3.8) is 0 Å². The Kier molecular flexibility index (Phi) is 7.13. The van der Waals surface area contributed by atoms with E-state index in [9.17, 15) is 28.3 Å². The van der Waals surface area contributed by atoms with E-state index in [0.29, 0.717) is 17.8 Å². The van der Waals surface area contributed by atoms with E-state index in [1.165, 1.54) is 16.9 Å². The van der Waals surface area contributed by atoms with Gasteiger partial charge in [0.25, 0.3) is 5.91 Å². The Morgan fingerprint density at radius 2 is 1.95 bits per heavy atom. The highest BCUT2D eigenvalue weighted by Crippen LogP contribution is 2.53. The number of halogens is 2. The third-order valence-electron chi connectivity index (χ3n) is 8.19. The van der Waals surface area contributed by atoms with E-state index in [1.807, 2.05) is 20.8 Å². The molecule has 1 fully saturated rings. The van der Waals surface area contributed by atoms with Crippen LogP contribution in [0.5, 0.6) is 5.75 Å². The molecule has 3 aromatic rings. The molecule has 0 bridgehead atoms. The maximum Gasteiger partial charge on any atom is 0.309 e. The Hall–Kier alpha value is -3.87. The Balaban J connectivity index is 1.57. The molecule has 1 aliphatic carbocycles. The summed E-state index contributed by atoms with van der Waals surface area (Å²) in [5, 5.41) is 21.5. The maximum atomic E-state index is 14.2. The van der Waals surface area contributed by atoms with Crippen LogP contribution in [0.4, 0.5) is 8.78 Å². The van der Waals surface area contributed by atoms with Gasteiger partial charge in [-0.2, -0.15) is 0 Å². The Morgan fingerprint density at radius 3 is 2.61 bits per heavy atom.